The molecule has 0 aliphatic carbocycles. The summed E-state index contributed by atoms with van der Waals surface area (Å²) in [5.74, 6) is 0.603. The van der Waals surface area contributed by atoms with Crippen LogP contribution in [0, 0.1) is 6.92 Å². The fourth-order valence-electron chi connectivity index (χ4n) is 2.35. The van der Waals surface area contributed by atoms with Gasteiger partial charge in [-0.15, -0.1) is 11.3 Å². The second-order valence-electron chi connectivity index (χ2n) is 5.26. The van der Waals surface area contributed by atoms with Gasteiger partial charge in [0.15, 0.2) is 5.82 Å². The lowest BCUT2D eigenvalue weighted by Crippen LogP contribution is -2.17. The average molecular weight is 315 g/mol. The SMILES string of the molecule is Cc1nn(C)c2sc(C(=O)Nc3cccnc3N(C)C)cc12. The first-order valence-electron chi connectivity index (χ1n) is 6.84. The van der Waals surface area contributed by atoms with Crippen molar-refractivity contribution >= 4 is 39.0 Å². The van der Waals surface area contributed by atoms with Gasteiger partial charge < -0.3 is 10.2 Å². The van der Waals surface area contributed by atoms with Crippen molar-refractivity contribution in [3.8, 4) is 0 Å². The highest BCUT2D eigenvalue weighted by Gasteiger charge is 2.16. The van der Waals surface area contributed by atoms with Gasteiger partial charge in [0.05, 0.1) is 16.3 Å². The zero-order valence-corrected chi connectivity index (χ0v) is 13.7. The number of aromatic nitrogens is 3. The van der Waals surface area contributed by atoms with Crippen molar-refractivity contribution in [2.45, 2.75) is 6.92 Å². The van der Waals surface area contributed by atoms with E-state index in [1.807, 2.05) is 51.2 Å². The van der Waals surface area contributed by atoms with Crippen LogP contribution in [0.4, 0.5) is 11.5 Å². The van der Waals surface area contributed by atoms with Crippen LogP contribution in [0.25, 0.3) is 10.2 Å². The fraction of sp³-hybridized carbons (Fsp3) is 0.267. The Balaban J connectivity index is 1.92. The normalized spacial score (nSPS) is 10.9. The van der Waals surface area contributed by atoms with E-state index in [1.54, 1.807) is 10.9 Å². The molecule has 3 rings (SSSR count). The molecule has 0 aliphatic heterocycles. The van der Waals surface area contributed by atoms with Gasteiger partial charge in [0, 0.05) is 32.7 Å². The molecule has 1 N–H and O–H groups in total. The molecule has 0 fully saturated rings. The van der Waals surface area contributed by atoms with Crippen LogP contribution in [0.2, 0.25) is 0 Å². The third-order valence-corrected chi connectivity index (χ3v) is 4.58. The Morgan fingerprint density at radius 1 is 1.41 bits per heavy atom. The molecule has 3 aromatic rings. The van der Waals surface area contributed by atoms with Crippen molar-refractivity contribution in [2.24, 2.45) is 7.05 Å². The highest BCUT2D eigenvalue weighted by Crippen LogP contribution is 2.29. The molecule has 0 atom stereocenters. The number of nitrogens with one attached hydrogen (secondary N) is 1. The second kappa shape index (κ2) is 5.42. The van der Waals surface area contributed by atoms with Crippen LogP contribution in [-0.4, -0.2) is 34.8 Å². The largest absolute Gasteiger partial charge is 0.361 e. The Morgan fingerprint density at radius 2 is 2.18 bits per heavy atom. The van der Waals surface area contributed by atoms with Crippen molar-refractivity contribution in [3.05, 3.63) is 35.0 Å². The summed E-state index contributed by atoms with van der Waals surface area (Å²) in [7, 11) is 5.68. The van der Waals surface area contributed by atoms with Gasteiger partial charge in [0.1, 0.15) is 4.83 Å². The number of nitrogens with zero attached hydrogens (tertiary/aromatic N) is 4. The molecule has 0 saturated heterocycles. The summed E-state index contributed by atoms with van der Waals surface area (Å²) in [4.78, 5) is 20.3. The minimum atomic E-state index is -0.128. The summed E-state index contributed by atoms with van der Waals surface area (Å²) in [6, 6.07) is 5.55. The quantitative estimate of drug-likeness (QED) is 0.807. The number of amides is 1. The number of hydrogen-bond donors (Lipinski definition) is 1. The van der Waals surface area contributed by atoms with E-state index in [2.05, 4.69) is 15.4 Å². The molecule has 0 unspecified atom stereocenters. The molecule has 22 heavy (non-hydrogen) atoms. The van der Waals surface area contributed by atoms with Gasteiger partial charge >= 0.3 is 0 Å². The number of anilines is 2. The number of hydrogen-bond acceptors (Lipinski definition) is 5. The topological polar surface area (TPSA) is 63.1 Å². The first-order valence-corrected chi connectivity index (χ1v) is 7.66. The monoisotopic (exact) mass is 315 g/mol. The predicted octanol–water partition coefficient (Wildman–Crippen LogP) is 2.66. The summed E-state index contributed by atoms with van der Waals surface area (Å²) < 4.78 is 1.81. The Kier molecular flexibility index (Phi) is 3.58. The molecule has 0 aliphatic rings. The summed E-state index contributed by atoms with van der Waals surface area (Å²) in [5.41, 5.74) is 1.63. The highest BCUT2D eigenvalue weighted by molar-refractivity contribution is 7.20. The van der Waals surface area contributed by atoms with Crippen molar-refractivity contribution in [3.63, 3.8) is 0 Å². The summed E-state index contributed by atoms with van der Waals surface area (Å²) in [6.07, 6.45) is 1.71. The number of aryl methyl sites for hydroxylation is 2. The average Bonchev–Trinajstić information content (AvgIpc) is 3.02. The van der Waals surface area contributed by atoms with Crippen LogP contribution in [-0.2, 0) is 7.05 Å². The van der Waals surface area contributed by atoms with Gasteiger partial charge in [-0.3, -0.25) is 9.48 Å². The van der Waals surface area contributed by atoms with Crippen LogP contribution in [0.1, 0.15) is 15.4 Å². The molecule has 0 spiro atoms. The molecule has 0 saturated carbocycles. The summed E-state index contributed by atoms with van der Waals surface area (Å²) in [6.45, 7) is 1.95. The van der Waals surface area contributed by atoms with Gasteiger partial charge in [-0.2, -0.15) is 5.10 Å². The number of carbonyl (C=O) groups excluding carboxylic acids is 1. The van der Waals surface area contributed by atoms with Crippen molar-refractivity contribution < 1.29 is 4.79 Å². The molecule has 6 nitrogen and oxygen atoms in total. The summed E-state index contributed by atoms with van der Waals surface area (Å²) >= 11 is 1.44. The van der Waals surface area contributed by atoms with Crippen molar-refractivity contribution in [1.82, 2.24) is 14.8 Å². The first-order chi connectivity index (χ1) is 10.5. The van der Waals surface area contributed by atoms with E-state index < -0.39 is 0 Å². The van der Waals surface area contributed by atoms with Crippen LogP contribution in [0.5, 0.6) is 0 Å². The van der Waals surface area contributed by atoms with Crippen molar-refractivity contribution in [2.75, 3.05) is 24.3 Å². The minimum Gasteiger partial charge on any atom is -0.361 e. The van der Waals surface area contributed by atoms with Gasteiger partial charge in [0.2, 0.25) is 0 Å². The number of thiophene rings is 1. The number of fused-ring (bicyclic) bond motifs is 1. The molecule has 0 radical (unpaired) electrons. The lowest BCUT2D eigenvalue weighted by atomic mass is 10.3. The predicted molar refractivity (Wildman–Crippen MR) is 89.8 cm³/mol. The second-order valence-corrected chi connectivity index (χ2v) is 6.29. The smallest absolute Gasteiger partial charge is 0.265 e. The van der Waals surface area contributed by atoms with E-state index in [0.717, 1.165) is 21.7 Å². The maximum atomic E-state index is 12.5. The molecule has 0 bridgehead atoms. The van der Waals surface area contributed by atoms with Crippen LogP contribution < -0.4 is 10.2 Å². The van der Waals surface area contributed by atoms with Crippen molar-refractivity contribution in [1.29, 1.82) is 0 Å². The van der Waals surface area contributed by atoms with E-state index in [9.17, 15) is 4.79 Å². The lowest BCUT2D eigenvalue weighted by Gasteiger charge is -2.15. The van der Waals surface area contributed by atoms with Gasteiger partial charge in [0.25, 0.3) is 5.91 Å². The van der Waals surface area contributed by atoms with E-state index in [0.29, 0.717) is 10.6 Å². The molecule has 3 heterocycles. The van der Waals surface area contributed by atoms with Gasteiger partial charge in [-0.05, 0) is 25.1 Å². The molecule has 1 amide bonds. The van der Waals surface area contributed by atoms with E-state index in [1.165, 1.54) is 11.3 Å². The third-order valence-electron chi connectivity index (χ3n) is 3.38. The zero-order valence-electron chi connectivity index (χ0n) is 12.9. The number of pyridine rings is 1. The first kappa shape index (κ1) is 14.5. The zero-order chi connectivity index (χ0) is 15.9. The van der Waals surface area contributed by atoms with E-state index >= 15 is 0 Å². The van der Waals surface area contributed by atoms with Gasteiger partial charge in [-0.1, -0.05) is 0 Å². The molecule has 3 aromatic heterocycles. The molecular weight excluding hydrogens is 298 g/mol. The maximum absolute atomic E-state index is 12.5. The summed E-state index contributed by atoms with van der Waals surface area (Å²) in [5, 5.41) is 8.31. The van der Waals surface area contributed by atoms with E-state index in [-0.39, 0.29) is 5.91 Å². The fourth-order valence-corrected chi connectivity index (χ4v) is 3.37. The Bertz CT molecular complexity index is 814. The van der Waals surface area contributed by atoms with Gasteiger partial charge in [-0.25, -0.2) is 4.98 Å². The maximum Gasteiger partial charge on any atom is 0.265 e. The Labute approximate surface area is 132 Å². The molecule has 7 heteroatoms. The third kappa shape index (κ3) is 2.43. The van der Waals surface area contributed by atoms with Crippen LogP contribution in [0.3, 0.4) is 0 Å². The number of rotatable bonds is 3. The molecular formula is C15H17N5OS. The Hall–Kier alpha value is -2.41. The number of carbonyl (C=O) groups is 1. The van der Waals surface area contributed by atoms with E-state index in [4.69, 9.17) is 0 Å². The van der Waals surface area contributed by atoms with Crippen LogP contribution >= 0.6 is 11.3 Å². The lowest BCUT2D eigenvalue weighted by molar-refractivity contribution is 0.103. The van der Waals surface area contributed by atoms with Crippen LogP contribution in [0.15, 0.2) is 24.4 Å². The molecule has 0 aromatic carbocycles. The molecule has 114 valence electrons. The Morgan fingerprint density at radius 3 is 2.86 bits per heavy atom. The highest BCUT2D eigenvalue weighted by atomic mass is 32.1. The minimum absolute atomic E-state index is 0.128. The standard InChI is InChI=1S/C15H17N5OS/c1-9-10-8-12(22-15(10)20(4)18-9)14(21)17-11-6-5-7-16-13(11)19(2)3/h5-8H,1-4H3,(H,17,21).